The van der Waals surface area contributed by atoms with Crippen LogP contribution < -0.4 is 0 Å². The number of hydrogen-bond donors (Lipinski definition) is 0. The summed E-state index contributed by atoms with van der Waals surface area (Å²) in [4.78, 5) is 16.5. The quantitative estimate of drug-likeness (QED) is 0.525. The Labute approximate surface area is 192 Å². The fraction of sp³-hybridized carbons (Fsp3) is 0.720. The second-order valence-corrected chi connectivity index (χ2v) is 10.6. The first-order valence-corrected chi connectivity index (χ1v) is 12.1. The molecule has 0 N–H and O–H groups in total. The number of alkyl halides is 1. The lowest BCUT2D eigenvalue weighted by Crippen LogP contribution is -2.41. The van der Waals surface area contributed by atoms with E-state index in [0.717, 1.165) is 43.8 Å². The van der Waals surface area contributed by atoms with Crippen LogP contribution in [-0.2, 0) is 11.2 Å². The Hall–Kier alpha value is -1.33. The zero-order chi connectivity index (χ0) is 22.6. The number of ether oxygens (including phenoxy) is 1. The first-order chi connectivity index (χ1) is 14.6. The van der Waals surface area contributed by atoms with Crippen LogP contribution in [0, 0.1) is 5.92 Å². The Morgan fingerprint density at radius 2 is 1.94 bits per heavy atom. The summed E-state index contributed by atoms with van der Waals surface area (Å²) in [6, 6.07) is 6.27. The van der Waals surface area contributed by atoms with Crippen molar-refractivity contribution in [2.45, 2.75) is 77.5 Å². The van der Waals surface area contributed by atoms with Gasteiger partial charge in [0.25, 0.3) is 0 Å². The summed E-state index contributed by atoms with van der Waals surface area (Å²) < 4.78 is 19.1. The van der Waals surface area contributed by atoms with Crippen LogP contribution in [0.4, 0.5) is 9.18 Å². The molecule has 0 aliphatic carbocycles. The van der Waals surface area contributed by atoms with Gasteiger partial charge in [0.15, 0.2) is 0 Å². The molecule has 1 aromatic carbocycles. The molecule has 2 aliphatic rings. The van der Waals surface area contributed by atoms with E-state index in [1.807, 2.05) is 31.7 Å². The molecule has 0 spiro atoms. The highest BCUT2D eigenvalue weighted by Gasteiger charge is 2.29. The summed E-state index contributed by atoms with van der Waals surface area (Å²) >= 11 is 6.37. The summed E-state index contributed by atoms with van der Waals surface area (Å²) in [5.41, 5.74) is 2.20. The molecular formula is C25H38ClFN2O2. The Morgan fingerprint density at radius 1 is 1.23 bits per heavy atom. The molecule has 2 heterocycles. The predicted molar refractivity (Wildman–Crippen MR) is 125 cm³/mol. The molecule has 1 aromatic rings. The first kappa shape index (κ1) is 24.3. The van der Waals surface area contributed by atoms with E-state index < -0.39 is 11.8 Å². The van der Waals surface area contributed by atoms with Crippen LogP contribution >= 0.6 is 11.6 Å². The van der Waals surface area contributed by atoms with Crippen LogP contribution in [-0.4, -0.2) is 60.4 Å². The van der Waals surface area contributed by atoms with Crippen molar-refractivity contribution in [3.63, 3.8) is 0 Å². The summed E-state index contributed by atoms with van der Waals surface area (Å²) in [5, 5.41) is 0.768. The summed E-state index contributed by atoms with van der Waals surface area (Å²) in [6.45, 7) is 11.7. The van der Waals surface area contributed by atoms with Gasteiger partial charge in [0.1, 0.15) is 11.8 Å². The largest absolute Gasteiger partial charge is 0.444 e. The lowest BCUT2D eigenvalue weighted by Gasteiger charge is -2.34. The minimum atomic E-state index is -0.672. The fourth-order valence-electron chi connectivity index (χ4n) is 4.81. The van der Waals surface area contributed by atoms with Gasteiger partial charge in [0, 0.05) is 37.7 Å². The Morgan fingerprint density at radius 3 is 2.52 bits per heavy atom. The van der Waals surface area contributed by atoms with Crippen molar-refractivity contribution in [2.24, 2.45) is 5.92 Å². The van der Waals surface area contributed by atoms with Gasteiger partial charge < -0.3 is 14.5 Å². The van der Waals surface area contributed by atoms with Crippen LogP contribution in [0.3, 0.4) is 0 Å². The normalized spacial score (nSPS) is 22.0. The number of rotatable bonds is 6. The lowest BCUT2D eigenvalue weighted by molar-refractivity contribution is 0.0204. The summed E-state index contributed by atoms with van der Waals surface area (Å²) in [7, 11) is 0. The molecule has 0 bridgehead atoms. The van der Waals surface area contributed by atoms with E-state index >= 15 is 0 Å². The molecule has 2 aliphatic heterocycles. The first-order valence-electron chi connectivity index (χ1n) is 11.8. The number of carbonyl (C=O) groups excluding carboxylic acids is 1. The molecule has 2 fully saturated rings. The monoisotopic (exact) mass is 452 g/mol. The minimum Gasteiger partial charge on any atom is -0.444 e. The molecule has 0 saturated carbocycles. The number of likely N-dealkylation sites (tertiary alicyclic amines) is 2. The fourth-order valence-corrected chi connectivity index (χ4v) is 5.01. The molecule has 0 aromatic heterocycles. The maximum atomic E-state index is 13.6. The predicted octanol–water partition coefficient (Wildman–Crippen LogP) is 6.07. The third kappa shape index (κ3) is 7.08. The van der Waals surface area contributed by atoms with Crippen molar-refractivity contribution in [3.8, 4) is 0 Å². The molecule has 1 unspecified atom stereocenters. The van der Waals surface area contributed by atoms with Crippen molar-refractivity contribution in [1.82, 2.24) is 9.80 Å². The molecule has 2 saturated heterocycles. The molecule has 0 radical (unpaired) electrons. The Bertz CT molecular complexity index is 744. The van der Waals surface area contributed by atoms with Gasteiger partial charge in [0.05, 0.1) is 0 Å². The zero-order valence-corrected chi connectivity index (χ0v) is 20.3. The van der Waals surface area contributed by atoms with Gasteiger partial charge in [-0.05, 0) is 81.5 Å². The smallest absolute Gasteiger partial charge is 0.410 e. The Balaban J connectivity index is 1.64. The number of benzene rings is 1. The number of hydrogen-bond acceptors (Lipinski definition) is 3. The van der Waals surface area contributed by atoms with E-state index in [9.17, 15) is 9.18 Å². The average Bonchev–Trinajstić information content (AvgIpc) is 3.11. The Kier molecular flexibility index (Phi) is 8.25. The number of amides is 1. The van der Waals surface area contributed by atoms with Gasteiger partial charge in [-0.2, -0.15) is 0 Å². The molecule has 4 nitrogen and oxygen atoms in total. The average molecular weight is 453 g/mol. The topological polar surface area (TPSA) is 32.8 Å². The number of piperidine rings is 1. The van der Waals surface area contributed by atoms with Gasteiger partial charge in [-0.3, -0.25) is 0 Å². The van der Waals surface area contributed by atoms with Crippen LogP contribution in [0.15, 0.2) is 18.2 Å². The van der Waals surface area contributed by atoms with Gasteiger partial charge in [-0.25, -0.2) is 9.18 Å². The van der Waals surface area contributed by atoms with Crippen molar-refractivity contribution >= 4 is 17.7 Å². The molecule has 6 heteroatoms. The van der Waals surface area contributed by atoms with E-state index in [-0.39, 0.29) is 6.09 Å². The molecule has 174 valence electrons. The molecule has 31 heavy (non-hydrogen) atoms. The van der Waals surface area contributed by atoms with Crippen LogP contribution in [0.1, 0.15) is 70.4 Å². The van der Waals surface area contributed by atoms with E-state index in [1.165, 1.54) is 11.1 Å². The number of carbonyl (C=O) groups is 1. The lowest BCUT2D eigenvalue weighted by atomic mass is 9.83. The van der Waals surface area contributed by atoms with E-state index in [1.54, 1.807) is 0 Å². The number of halogens is 2. The van der Waals surface area contributed by atoms with Crippen LogP contribution in [0.5, 0.6) is 0 Å². The van der Waals surface area contributed by atoms with Gasteiger partial charge >= 0.3 is 6.09 Å². The highest BCUT2D eigenvalue weighted by atomic mass is 35.5. The van der Waals surface area contributed by atoms with Gasteiger partial charge in [-0.15, -0.1) is 0 Å². The summed E-state index contributed by atoms with van der Waals surface area (Å²) in [5.74, 6) is 0.912. The van der Waals surface area contributed by atoms with Crippen molar-refractivity contribution in [1.29, 1.82) is 0 Å². The van der Waals surface area contributed by atoms with Crippen molar-refractivity contribution < 1.29 is 13.9 Å². The van der Waals surface area contributed by atoms with Crippen molar-refractivity contribution in [3.05, 3.63) is 34.3 Å². The van der Waals surface area contributed by atoms with Crippen molar-refractivity contribution in [2.75, 3.05) is 32.7 Å². The SMILES string of the molecule is CCC(Cc1cc(Cl)ccc1C1CCN(C(=O)OC(C)(C)C)CC1)CN1CC[C@@H](F)C1. The molecule has 2 atom stereocenters. The second kappa shape index (κ2) is 10.5. The van der Waals surface area contributed by atoms with Gasteiger partial charge in [0.2, 0.25) is 0 Å². The van der Waals surface area contributed by atoms with E-state index in [4.69, 9.17) is 16.3 Å². The van der Waals surface area contributed by atoms with Crippen LogP contribution in [0.25, 0.3) is 0 Å². The molecular weight excluding hydrogens is 415 g/mol. The minimum absolute atomic E-state index is 0.217. The van der Waals surface area contributed by atoms with Crippen LogP contribution in [0.2, 0.25) is 5.02 Å². The third-order valence-corrected chi connectivity index (χ3v) is 6.74. The standard InChI is InChI=1S/C25H38ClFN2O2/c1-5-18(16-28-11-10-22(27)17-28)14-20-15-21(26)6-7-23(20)19-8-12-29(13-9-19)24(30)31-25(2,3)4/h6-7,15,18-19,22H,5,8-14,16-17H2,1-4H3/t18?,22-/m1/s1. The summed E-state index contributed by atoms with van der Waals surface area (Å²) in [6.07, 6.45) is 3.66. The second-order valence-electron chi connectivity index (χ2n) is 10.2. The zero-order valence-electron chi connectivity index (χ0n) is 19.5. The van der Waals surface area contributed by atoms with E-state index in [2.05, 4.69) is 24.0 Å². The molecule has 3 rings (SSSR count). The third-order valence-electron chi connectivity index (χ3n) is 6.51. The van der Waals surface area contributed by atoms with Gasteiger partial charge in [-0.1, -0.05) is 31.0 Å². The highest BCUT2D eigenvalue weighted by Crippen LogP contribution is 2.34. The molecule has 1 amide bonds. The number of nitrogens with zero attached hydrogens (tertiary/aromatic N) is 2. The highest BCUT2D eigenvalue weighted by molar-refractivity contribution is 6.30. The van der Waals surface area contributed by atoms with E-state index in [0.29, 0.717) is 37.9 Å². The maximum Gasteiger partial charge on any atom is 0.410 e. The maximum absolute atomic E-state index is 13.6.